The van der Waals surface area contributed by atoms with E-state index in [1.165, 1.54) is 6.07 Å². The van der Waals surface area contributed by atoms with E-state index >= 15 is 0 Å². The van der Waals surface area contributed by atoms with Crippen molar-refractivity contribution in [2.75, 3.05) is 11.4 Å². The van der Waals surface area contributed by atoms with Crippen molar-refractivity contribution in [2.24, 2.45) is 5.73 Å². The maximum absolute atomic E-state index is 12.9. The van der Waals surface area contributed by atoms with Crippen LogP contribution in [0.2, 0.25) is 0 Å². The highest BCUT2D eigenvalue weighted by atomic mass is 19.4. The Hall–Kier alpha value is -2.01. The van der Waals surface area contributed by atoms with Crippen LogP contribution in [-0.2, 0) is 12.7 Å². The first-order chi connectivity index (χ1) is 10.0. The Balaban J connectivity index is 2.01. The van der Waals surface area contributed by atoms with Crippen molar-refractivity contribution in [3.8, 4) is 0 Å². The highest BCUT2D eigenvalue weighted by molar-refractivity contribution is 5.55. The van der Waals surface area contributed by atoms with Gasteiger partial charge in [-0.2, -0.15) is 13.2 Å². The molecule has 2 nitrogen and oxygen atoms in total. The molecule has 110 valence electrons. The SMILES string of the molecule is NCC1c2cc(C(F)(F)F)ccc2CN1c1ccccc1. The molecule has 0 saturated carbocycles. The lowest BCUT2D eigenvalue weighted by molar-refractivity contribution is -0.137. The van der Waals surface area contributed by atoms with Crippen molar-refractivity contribution >= 4 is 5.69 Å². The zero-order chi connectivity index (χ0) is 15.0. The lowest BCUT2D eigenvalue weighted by Gasteiger charge is -2.26. The van der Waals surface area contributed by atoms with E-state index < -0.39 is 11.7 Å². The Labute approximate surface area is 121 Å². The maximum Gasteiger partial charge on any atom is 0.416 e. The standard InChI is InChI=1S/C16H15F3N2/c17-16(18,19)12-7-6-11-10-21(13-4-2-1-3-5-13)15(9-20)14(11)8-12/h1-8,15H,9-10,20H2. The summed E-state index contributed by atoms with van der Waals surface area (Å²) in [7, 11) is 0. The van der Waals surface area contributed by atoms with Gasteiger partial charge >= 0.3 is 6.18 Å². The molecular weight excluding hydrogens is 277 g/mol. The van der Waals surface area contributed by atoms with Crippen LogP contribution < -0.4 is 10.6 Å². The van der Waals surface area contributed by atoms with Gasteiger partial charge in [-0.1, -0.05) is 24.3 Å². The van der Waals surface area contributed by atoms with Crippen LogP contribution >= 0.6 is 0 Å². The first-order valence-corrected chi connectivity index (χ1v) is 6.72. The third kappa shape index (κ3) is 2.49. The lowest BCUT2D eigenvalue weighted by atomic mass is 10.0. The summed E-state index contributed by atoms with van der Waals surface area (Å²) in [4.78, 5) is 2.05. The first-order valence-electron chi connectivity index (χ1n) is 6.72. The molecule has 1 atom stereocenters. The zero-order valence-corrected chi connectivity index (χ0v) is 11.3. The third-order valence-corrected chi connectivity index (χ3v) is 3.86. The van der Waals surface area contributed by atoms with Gasteiger partial charge in [0.05, 0.1) is 11.6 Å². The van der Waals surface area contributed by atoms with Gasteiger partial charge in [-0.3, -0.25) is 0 Å². The topological polar surface area (TPSA) is 29.3 Å². The Morgan fingerprint density at radius 1 is 1.10 bits per heavy atom. The fourth-order valence-corrected chi connectivity index (χ4v) is 2.83. The van der Waals surface area contributed by atoms with Crippen molar-refractivity contribution in [2.45, 2.75) is 18.8 Å². The Bertz CT molecular complexity index is 638. The predicted octanol–water partition coefficient (Wildman–Crippen LogP) is 3.73. The molecule has 1 unspecified atom stereocenters. The molecule has 0 amide bonds. The van der Waals surface area contributed by atoms with E-state index in [0.717, 1.165) is 17.3 Å². The van der Waals surface area contributed by atoms with Crippen LogP contribution in [0.5, 0.6) is 0 Å². The molecule has 2 N–H and O–H groups in total. The summed E-state index contributed by atoms with van der Waals surface area (Å²) >= 11 is 0. The largest absolute Gasteiger partial charge is 0.416 e. The first kappa shape index (κ1) is 13.9. The van der Waals surface area contributed by atoms with Gasteiger partial charge in [0, 0.05) is 18.8 Å². The smallest absolute Gasteiger partial charge is 0.359 e. The molecule has 0 saturated heterocycles. The summed E-state index contributed by atoms with van der Waals surface area (Å²) in [6.07, 6.45) is -4.33. The van der Waals surface area contributed by atoms with Crippen molar-refractivity contribution in [1.29, 1.82) is 0 Å². The van der Waals surface area contributed by atoms with Crippen LogP contribution in [0.4, 0.5) is 18.9 Å². The summed E-state index contributed by atoms with van der Waals surface area (Å²) < 4.78 is 38.6. The maximum atomic E-state index is 12.9. The van der Waals surface area contributed by atoms with Crippen molar-refractivity contribution in [3.63, 3.8) is 0 Å². The highest BCUT2D eigenvalue weighted by Gasteiger charge is 2.35. The van der Waals surface area contributed by atoms with E-state index in [4.69, 9.17) is 5.73 Å². The second-order valence-electron chi connectivity index (χ2n) is 5.13. The summed E-state index contributed by atoms with van der Waals surface area (Å²) in [5, 5.41) is 0. The molecule has 3 rings (SSSR count). The van der Waals surface area contributed by atoms with Gasteiger partial charge in [0.2, 0.25) is 0 Å². The molecule has 0 aliphatic carbocycles. The number of para-hydroxylation sites is 1. The number of hydrogen-bond donors (Lipinski definition) is 1. The third-order valence-electron chi connectivity index (χ3n) is 3.86. The van der Waals surface area contributed by atoms with E-state index in [2.05, 4.69) is 0 Å². The number of fused-ring (bicyclic) bond motifs is 1. The van der Waals surface area contributed by atoms with Crippen LogP contribution in [0.15, 0.2) is 48.5 Å². The van der Waals surface area contributed by atoms with Gasteiger partial charge in [0.15, 0.2) is 0 Å². The van der Waals surface area contributed by atoms with Gasteiger partial charge in [0.1, 0.15) is 0 Å². The molecule has 5 heteroatoms. The van der Waals surface area contributed by atoms with Crippen molar-refractivity contribution < 1.29 is 13.2 Å². The molecular formula is C16H15F3N2. The average Bonchev–Trinajstić information content (AvgIpc) is 2.84. The minimum atomic E-state index is -4.33. The number of rotatable bonds is 2. The van der Waals surface area contributed by atoms with E-state index in [1.807, 2.05) is 35.2 Å². The summed E-state index contributed by atoms with van der Waals surface area (Å²) in [5.41, 5.74) is 7.75. The quantitative estimate of drug-likeness (QED) is 0.914. The number of anilines is 1. The van der Waals surface area contributed by atoms with Crippen LogP contribution in [0.3, 0.4) is 0 Å². The summed E-state index contributed by atoms with van der Waals surface area (Å²) in [6.45, 7) is 0.864. The van der Waals surface area contributed by atoms with Crippen molar-refractivity contribution in [3.05, 3.63) is 65.2 Å². The number of nitrogens with two attached hydrogens (primary N) is 1. The van der Waals surface area contributed by atoms with E-state index in [1.54, 1.807) is 6.07 Å². The Kier molecular flexibility index (Phi) is 3.37. The van der Waals surface area contributed by atoms with Crippen LogP contribution in [0.1, 0.15) is 22.7 Å². The number of hydrogen-bond acceptors (Lipinski definition) is 2. The molecule has 0 aromatic heterocycles. The van der Waals surface area contributed by atoms with Crippen LogP contribution in [-0.4, -0.2) is 6.54 Å². The van der Waals surface area contributed by atoms with E-state index in [-0.39, 0.29) is 12.6 Å². The highest BCUT2D eigenvalue weighted by Crippen LogP contribution is 2.40. The fraction of sp³-hybridized carbons (Fsp3) is 0.250. The number of benzene rings is 2. The van der Waals surface area contributed by atoms with Crippen molar-refractivity contribution in [1.82, 2.24) is 0 Å². The molecule has 1 aliphatic rings. The Morgan fingerprint density at radius 2 is 1.81 bits per heavy atom. The molecule has 0 radical (unpaired) electrons. The predicted molar refractivity (Wildman–Crippen MR) is 75.9 cm³/mol. The second-order valence-corrected chi connectivity index (χ2v) is 5.13. The molecule has 1 aliphatic heterocycles. The lowest BCUT2D eigenvalue weighted by Crippen LogP contribution is -2.27. The fourth-order valence-electron chi connectivity index (χ4n) is 2.83. The minimum Gasteiger partial charge on any atom is -0.359 e. The molecule has 21 heavy (non-hydrogen) atoms. The second kappa shape index (κ2) is 5.07. The van der Waals surface area contributed by atoms with Gasteiger partial charge in [0.25, 0.3) is 0 Å². The van der Waals surface area contributed by atoms with Crippen LogP contribution in [0, 0.1) is 0 Å². The monoisotopic (exact) mass is 292 g/mol. The Morgan fingerprint density at radius 3 is 2.43 bits per heavy atom. The van der Waals surface area contributed by atoms with E-state index in [0.29, 0.717) is 12.1 Å². The summed E-state index contributed by atoms with van der Waals surface area (Å²) in [6, 6.07) is 13.3. The molecule has 0 bridgehead atoms. The van der Waals surface area contributed by atoms with Gasteiger partial charge < -0.3 is 10.6 Å². The van der Waals surface area contributed by atoms with Gasteiger partial charge in [-0.25, -0.2) is 0 Å². The van der Waals surface area contributed by atoms with Gasteiger partial charge in [-0.15, -0.1) is 0 Å². The molecule has 2 aromatic carbocycles. The summed E-state index contributed by atoms with van der Waals surface area (Å²) in [5.74, 6) is 0. The zero-order valence-electron chi connectivity index (χ0n) is 11.3. The van der Waals surface area contributed by atoms with Crippen LogP contribution in [0.25, 0.3) is 0 Å². The number of nitrogens with zero attached hydrogens (tertiary/aromatic N) is 1. The molecule has 0 spiro atoms. The van der Waals surface area contributed by atoms with E-state index in [9.17, 15) is 13.2 Å². The molecule has 2 aromatic rings. The number of halogens is 3. The van der Waals surface area contributed by atoms with Gasteiger partial charge in [-0.05, 0) is 35.4 Å². The molecule has 0 fully saturated rings. The normalized spacial score (nSPS) is 17.9. The minimum absolute atomic E-state index is 0.218. The molecule has 1 heterocycles. The number of alkyl halides is 3. The average molecular weight is 292 g/mol.